The number of hydrogen-bond acceptors (Lipinski definition) is 6. The molecule has 0 saturated heterocycles. The molecule has 0 bridgehead atoms. The van der Waals surface area contributed by atoms with E-state index in [0.717, 1.165) is 5.56 Å². The number of rotatable bonds is 7. The average molecular weight is 488 g/mol. The van der Waals surface area contributed by atoms with Gasteiger partial charge in [0.2, 0.25) is 0 Å². The average Bonchev–Trinajstić information content (AvgIpc) is 2.76. The van der Waals surface area contributed by atoms with Crippen LogP contribution in [0.1, 0.15) is 28.4 Å². The van der Waals surface area contributed by atoms with Gasteiger partial charge in [-0.3, -0.25) is 9.52 Å². The Hall–Kier alpha value is -3.43. The van der Waals surface area contributed by atoms with Crippen molar-refractivity contribution in [3.8, 4) is 0 Å². The number of para-hydroxylation sites is 1. The fraction of sp³-hybridized carbons (Fsp3) is 0.174. The zero-order valence-corrected chi connectivity index (χ0v) is 19.7. The van der Waals surface area contributed by atoms with Crippen LogP contribution in [0.3, 0.4) is 0 Å². The number of pyridine rings is 1. The first-order valence-corrected chi connectivity index (χ1v) is 11.8. The number of esters is 1. The molecular formula is C23H22ClN3O5S. The zero-order valence-electron chi connectivity index (χ0n) is 18.1. The smallest absolute Gasteiger partial charge is 0.341 e. The molecule has 3 aromatic rings. The van der Waals surface area contributed by atoms with Crippen LogP contribution in [0.15, 0.2) is 65.7 Å². The van der Waals surface area contributed by atoms with Crippen LogP contribution >= 0.6 is 11.6 Å². The third kappa shape index (κ3) is 5.88. The Labute approximate surface area is 197 Å². The van der Waals surface area contributed by atoms with Gasteiger partial charge in [-0.2, -0.15) is 0 Å². The Morgan fingerprint density at radius 2 is 1.73 bits per heavy atom. The van der Waals surface area contributed by atoms with Crippen molar-refractivity contribution in [1.29, 1.82) is 0 Å². The lowest BCUT2D eigenvalue weighted by Gasteiger charge is -2.16. The van der Waals surface area contributed by atoms with Crippen molar-refractivity contribution in [1.82, 2.24) is 4.98 Å². The van der Waals surface area contributed by atoms with Crippen molar-refractivity contribution in [3.05, 3.63) is 82.6 Å². The lowest BCUT2D eigenvalue weighted by molar-refractivity contribution is -0.123. The number of carbonyl (C=O) groups is 2. The fourth-order valence-electron chi connectivity index (χ4n) is 2.94. The Kier molecular flexibility index (Phi) is 7.35. The summed E-state index contributed by atoms with van der Waals surface area (Å²) in [6, 6.07) is 14.2. The predicted molar refractivity (Wildman–Crippen MR) is 126 cm³/mol. The third-order valence-electron chi connectivity index (χ3n) is 4.69. The van der Waals surface area contributed by atoms with E-state index in [1.54, 1.807) is 50.2 Å². The zero-order chi connectivity index (χ0) is 24.2. The van der Waals surface area contributed by atoms with Crippen LogP contribution in [0.5, 0.6) is 0 Å². The van der Waals surface area contributed by atoms with E-state index in [9.17, 15) is 18.0 Å². The summed E-state index contributed by atoms with van der Waals surface area (Å²) in [6.45, 7) is 4.86. The Morgan fingerprint density at radius 1 is 1.03 bits per heavy atom. The van der Waals surface area contributed by atoms with Gasteiger partial charge in [0.1, 0.15) is 0 Å². The molecule has 0 fully saturated rings. The minimum atomic E-state index is -3.97. The number of aromatic nitrogens is 1. The van der Waals surface area contributed by atoms with E-state index in [2.05, 4.69) is 15.0 Å². The molecule has 10 heteroatoms. The number of benzene rings is 2. The third-order valence-corrected chi connectivity index (χ3v) is 6.50. The maximum absolute atomic E-state index is 13.0. The number of nitrogens with zero attached hydrogens (tertiary/aromatic N) is 1. The van der Waals surface area contributed by atoms with E-state index in [0.29, 0.717) is 5.56 Å². The molecule has 1 atom stereocenters. The van der Waals surface area contributed by atoms with Gasteiger partial charge in [-0.1, -0.05) is 35.9 Å². The molecule has 3 rings (SSSR count). The number of amides is 1. The molecule has 172 valence electrons. The number of halogens is 1. The molecule has 1 amide bonds. The van der Waals surface area contributed by atoms with Crippen LogP contribution in [0.2, 0.25) is 5.15 Å². The maximum Gasteiger partial charge on any atom is 0.341 e. The highest BCUT2D eigenvalue weighted by Gasteiger charge is 2.24. The predicted octanol–water partition coefficient (Wildman–Crippen LogP) is 4.34. The molecule has 1 unspecified atom stereocenters. The van der Waals surface area contributed by atoms with Crippen molar-refractivity contribution in [2.45, 2.75) is 31.8 Å². The largest absolute Gasteiger partial charge is 0.449 e. The monoisotopic (exact) mass is 487 g/mol. The molecule has 0 saturated carbocycles. The first kappa shape index (κ1) is 24.2. The summed E-state index contributed by atoms with van der Waals surface area (Å²) in [4.78, 5) is 29.1. The maximum atomic E-state index is 13.0. The number of carbonyl (C=O) groups excluding carboxylic acids is 2. The molecule has 33 heavy (non-hydrogen) atoms. The van der Waals surface area contributed by atoms with Crippen LogP contribution in [-0.4, -0.2) is 31.4 Å². The fourth-order valence-corrected chi connectivity index (χ4v) is 4.51. The van der Waals surface area contributed by atoms with Crippen molar-refractivity contribution >= 4 is 44.9 Å². The van der Waals surface area contributed by atoms with E-state index in [4.69, 9.17) is 16.3 Å². The van der Waals surface area contributed by atoms with Crippen LogP contribution in [0.25, 0.3) is 0 Å². The second-order valence-corrected chi connectivity index (χ2v) is 9.31. The van der Waals surface area contributed by atoms with E-state index >= 15 is 0 Å². The molecule has 0 radical (unpaired) electrons. The molecule has 2 N–H and O–H groups in total. The van der Waals surface area contributed by atoms with Gasteiger partial charge in [0.25, 0.3) is 15.9 Å². The van der Waals surface area contributed by atoms with Gasteiger partial charge in [-0.15, -0.1) is 0 Å². The van der Waals surface area contributed by atoms with Crippen molar-refractivity contribution < 1.29 is 22.7 Å². The van der Waals surface area contributed by atoms with Crippen molar-refractivity contribution in [2.75, 3.05) is 10.0 Å². The summed E-state index contributed by atoms with van der Waals surface area (Å²) in [6.07, 6.45) is 0.287. The van der Waals surface area contributed by atoms with E-state index in [1.807, 2.05) is 6.07 Å². The first-order valence-electron chi connectivity index (χ1n) is 9.90. The number of nitrogens with one attached hydrogen (secondary N) is 2. The van der Waals surface area contributed by atoms with Crippen molar-refractivity contribution in [3.63, 3.8) is 0 Å². The highest BCUT2D eigenvalue weighted by molar-refractivity contribution is 7.92. The molecule has 0 aliphatic rings. The SMILES string of the molecule is Cc1ccc(C)c(S(=O)(=O)Nc2ccccc2C(=O)OC(C)C(=O)Nc2cccnc2Cl)c1. The molecule has 0 aliphatic heterocycles. The lowest BCUT2D eigenvalue weighted by atomic mass is 10.2. The number of ether oxygens (including phenoxy) is 1. The van der Waals surface area contributed by atoms with Crippen LogP contribution < -0.4 is 10.0 Å². The second kappa shape index (κ2) is 10.0. The highest BCUT2D eigenvalue weighted by atomic mass is 35.5. The minimum absolute atomic E-state index is 0.0336. The van der Waals surface area contributed by atoms with E-state index in [1.165, 1.54) is 25.3 Å². The van der Waals surface area contributed by atoms with Crippen LogP contribution in [0.4, 0.5) is 11.4 Å². The van der Waals surface area contributed by atoms with Gasteiger partial charge < -0.3 is 10.1 Å². The molecule has 0 spiro atoms. The summed E-state index contributed by atoms with van der Waals surface area (Å²) in [7, 11) is -3.97. The van der Waals surface area contributed by atoms with Gasteiger partial charge in [-0.25, -0.2) is 18.2 Å². The lowest BCUT2D eigenvalue weighted by Crippen LogP contribution is -2.30. The molecule has 2 aromatic carbocycles. The highest BCUT2D eigenvalue weighted by Crippen LogP contribution is 2.24. The normalized spacial score (nSPS) is 12.0. The Morgan fingerprint density at radius 3 is 2.45 bits per heavy atom. The summed E-state index contributed by atoms with van der Waals surface area (Å²) >= 11 is 5.93. The van der Waals surface area contributed by atoms with E-state index in [-0.39, 0.29) is 27.0 Å². The topological polar surface area (TPSA) is 114 Å². The standard InChI is InChI=1S/C23H22ClN3O5S/c1-14-10-11-15(2)20(13-14)33(30,31)27-18-8-5-4-7-17(18)23(29)32-16(3)22(28)26-19-9-6-12-25-21(19)24/h4-13,16,27H,1-3H3,(H,26,28). The number of aryl methyl sites for hydroxylation is 2. The Bertz CT molecular complexity index is 1310. The summed E-state index contributed by atoms with van der Waals surface area (Å²) in [5.74, 6) is -1.49. The van der Waals surface area contributed by atoms with Gasteiger partial charge in [-0.05, 0) is 62.2 Å². The van der Waals surface area contributed by atoms with Crippen LogP contribution in [-0.2, 0) is 19.6 Å². The van der Waals surface area contributed by atoms with Gasteiger partial charge in [0.15, 0.2) is 11.3 Å². The molecule has 8 nitrogen and oxygen atoms in total. The summed E-state index contributed by atoms with van der Waals surface area (Å²) in [5, 5.41) is 2.62. The van der Waals surface area contributed by atoms with Gasteiger partial charge >= 0.3 is 5.97 Å². The molecular weight excluding hydrogens is 466 g/mol. The van der Waals surface area contributed by atoms with Gasteiger partial charge in [0, 0.05) is 6.20 Å². The van der Waals surface area contributed by atoms with E-state index < -0.39 is 28.0 Å². The summed E-state index contributed by atoms with van der Waals surface area (Å²) < 4.78 is 33.7. The Balaban J connectivity index is 1.78. The first-order chi connectivity index (χ1) is 15.6. The molecule has 0 aliphatic carbocycles. The molecule has 1 heterocycles. The number of anilines is 2. The van der Waals surface area contributed by atoms with Crippen molar-refractivity contribution in [2.24, 2.45) is 0 Å². The summed E-state index contributed by atoms with van der Waals surface area (Å²) in [5.41, 5.74) is 1.61. The molecule has 1 aromatic heterocycles. The second-order valence-electron chi connectivity index (χ2n) is 7.30. The van der Waals surface area contributed by atoms with Gasteiger partial charge in [0.05, 0.1) is 21.8 Å². The number of hydrogen-bond donors (Lipinski definition) is 2. The van der Waals surface area contributed by atoms with Crippen LogP contribution in [0, 0.1) is 13.8 Å². The minimum Gasteiger partial charge on any atom is -0.449 e. The number of sulfonamides is 1. The quantitative estimate of drug-likeness (QED) is 0.378.